The van der Waals surface area contributed by atoms with Gasteiger partial charge in [0.15, 0.2) is 0 Å². The SMILES string of the molecule is NC(=O)c1ccc(O[C@@H]2CCN(Cc3ccccc3)C2)cc1. The molecule has 1 amide bonds. The van der Waals surface area contributed by atoms with E-state index < -0.39 is 5.91 Å². The highest BCUT2D eigenvalue weighted by molar-refractivity contribution is 5.92. The molecule has 1 aliphatic rings. The standard InChI is InChI=1S/C18H20N2O2/c19-18(21)15-6-8-16(9-7-15)22-17-10-11-20(13-17)12-14-4-2-1-3-5-14/h1-9,17H,10-13H2,(H2,19,21)/t17-/m1/s1. The van der Waals surface area contributed by atoms with Crippen molar-refractivity contribution in [3.63, 3.8) is 0 Å². The zero-order valence-corrected chi connectivity index (χ0v) is 12.4. The van der Waals surface area contributed by atoms with Crippen molar-refractivity contribution in [2.75, 3.05) is 13.1 Å². The monoisotopic (exact) mass is 296 g/mol. The van der Waals surface area contributed by atoms with Gasteiger partial charge < -0.3 is 10.5 Å². The molecular formula is C18H20N2O2. The van der Waals surface area contributed by atoms with Crippen LogP contribution in [0.1, 0.15) is 22.3 Å². The minimum absolute atomic E-state index is 0.197. The zero-order chi connectivity index (χ0) is 15.4. The summed E-state index contributed by atoms with van der Waals surface area (Å²) in [4.78, 5) is 13.4. The molecule has 1 heterocycles. The summed E-state index contributed by atoms with van der Waals surface area (Å²) in [5.41, 5.74) is 7.06. The predicted molar refractivity (Wildman–Crippen MR) is 85.7 cm³/mol. The number of nitrogens with zero attached hydrogens (tertiary/aromatic N) is 1. The lowest BCUT2D eigenvalue weighted by molar-refractivity contribution is 0.1000. The van der Waals surface area contributed by atoms with Gasteiger partial charge in [0.2, 0.25) is 5.91 Å². The van der Waals surface area contributed by atoms with Crippen molar-refractivity contribution in [3.8, 4) is 5.75 Å². The first-order valence-electron chi connectivity index (χ1n) is 7.53. The summed E-state index contributed by atoms with van der Waals surface area (Å²) in [6, 6.07) is 17.5. The first-order chi connectivity index (χ1) is 10.7. The molecule has 3 rings (SSSR count). The summed E-state index contributed by atoms with van der Waals surface area (Å²) in [5, 5.41) is 0. The van der Waals surface area contributed by atoms with Gasteiger partial charge in [-0.3, -0.25) is 9.69 Å². The number of rotatable bonds is 5. The lowest BCUT2D eigenvalue weighted by Gasteiger charge is -2.17. The third-order valence-corrected chi connectivity index (χ3v) is 3.92. The summed E-state index contributed by atoms with van der Waals surface area (Å²) in [6.07, 6.45) is 1.22. The van der Waals surface area contributed by atoms with Crippen LogP contribution >= 0.6 is 0 Å². The first kappa shape index (κ1) is 14.6. The number of ether oxygens (including phenoxy) is 1. The van der Waals surface area contributed by atoms with Crippen LogP contribution in [0.2, 0.25) is 0 Å². The van der Waals surface area contributed by atoms with Gasteiger partial charge in [0.05, 0.1) is 0 Å². The average molecular weight is 296 g/mol. The van der Waals surface area contributed by atoms with E-state index in [0.717, 1.165) is 31.8 Å². The number of carbonyl (C=O) groups is 1. The lowest BCUT2D eigenvalue weighted by atomic mass is 10.2. The number of nitrogens with two attached hydrogens (primary N) is 1. The Hall–Kier alpha value is -2.33. The van der Waals surface area contributed by atoms with Crippen LogP contribution in [-0.4, -0.2) is 30.0 Å². The number of likely N-dealkylation sites (tertiary alicyclic amines) is 1. The maximum atomic E-state index is 11.0. The Morgan fingerprint density at radius 1 is 1.14 bits per heavy atom. The van der Waals surface area contributed by atoms with Gasteiger partial charge in [0.1, 0.15) is 11.9 Å². The summed E-state index contributed by atoms with van der Waals surface area (Å²) >= 11 is 0. The molecule has 2 aromatic rings. The van der Waals surface area contributed by atoms with Gasteiger partial charge in [0.25, 0.3) is 0 Å². The molecule has 0 saturated carbocycles. The van der Waals surface area contributed by atoms with Gasteiger partial charge in [-0.05, 0) is 36.2 Å². The molecule has 2 aromatic carbocycles. The molecule has 114 valence electrons. The summed E-state index contributed by atoms with van der Waals surface area (Å²) in [5.74, 6) is 0.373. The predicted octanol–water partition coefficient (Wildman–Crippen LogP) is 2.44. The summed E-state index contributed by atoms with van der Waals surface area (Å²) in [7, 11) is 0. The van der Waals surface area contributed by atoms with Crippen LogP contribution < -0.4 is 10.5 Å². The number of hydrogen-bond acceptors (Lipinski definition) is 3. The molecule has 0 spiro atoms. The van der Waals surface area contributed by atoms with Crippen molar-refractivity contribution in [3.05, 3.63) is 65.7 Å². The van der Waals surface area contributed by atoms with E-state index in [4.69, 9.17) is 10.5 Å². The van der Waals surface area contributed by atoms with Gasteiger partial charge in [-0.1, -0.05) is 30.3 Å². The minimum atomic E-state index is -0.415. The number of amides is 1. The van der Waals surface area contributed by atoms with Crippen LogP contribution in [-0.2, 0) is 6.54 Å². The number of benzene rings is 2. The van der Waals surface area contributed by atoms with E-state index in [9.17, 15) is 4.79 Å². The van der Waals surface area contributed by atoms with Crippen LogP contribution in [0.4, 0.5) is 0 Å². The molecule has 1 fully saturated rings. The third kappa shape index (κ3) is 3.65. The maximum Gasteiger partial charge on any atom is 0.248 e. The second-order valence-corrected chi connectivity index (χ2v) is 5.64. The Kier molecular flexibility index (Phi) is 4.39. The molecule has 0 aromatic heterocycles. The largest absolute Gasteiger partial charge is 0.489 e. The highest BCUT2D eigenvalue weighted by Gasteiger charge is 2.23. The van der Waals surface area contributed by atoms with Crippen LogP contribution in [0.5, 0.6) is 5.75 Å². The zero-order valence-electron chi connectivity index (χ0n) is 12.4. The molecule has 0 radical (unpaired) electrons. The van der Waals surface area contributed by atoms with Crippen molar-refractivity contribution in [2.45, 2.75) is 19.1 Å². The Morgan fingerprint density at radius 3 is 2.55 bits per heavy atom. The molecule has 22 heavy (non-hydrogen) atoms. The summed E-state index contributed by atoms with van der Waals surface area (Å²) in [6.45, 7) is 2.92. The first-order valence-corrected chi connectivity index (χ1v) is 7.53. The van der Waals surface area contributed by atoms with E-state index in [1.54, 1.807) is 24.3 Å². The Balaban J connectivity index is 1.53. The van der Waals surface area contributed by atoms with Crippen molar-refractivity contribution >= 4 is 5.91 Å². The molecule has 0 aliphatic carbocycles. The summed E-state index contributed by atoms with van der Waals surface area (Å²) < 4.78 is 5.98. The lowest BCUT2D eigenvalue weighted by Crippen LogP contribution is -2.24. The number of primary amides is 1. The smallest absolute Gasteiger partial charge is 0.248 e. The van der Waals surface area contributed by atoms with E-state index in [1.165, 1.54) is 5.56 Å². The minimum Gasteiger partial charge on any atom is -0.489 e. The molecule has 4 nitrogen and oxygen atoms in total. The fourth-order valence-corrected chi connectivity index (χ4v) is 2.77. The van der Waals surface area contributed by atoms with Gasteiger partial charge >= 0.3 is 0 Å². The van der Waals surface area contributed by atoms with E-state index in [1.807, 2.05) is 6.07 Å². The van der Waals surface area contributed by atoms with E-state index >= 15 is 0 Å². The Labute approximate surface area is 130 Å². The molecule has 2 N–H and O–H groups in total. The van der Waals surface area contributed by atoms with Gasteiger partial charge in [0, 0.05) is 25.2 Å². The molecule has 1 aliphatic heterocycles. The Morgan fingerprint density at radius 2 is 1.86 bits per heavy atom. The van der Waals surface area contributed by atoms with Gasteiger partial charge in [-0.2, -0.15) is 0 Å². The van der Waals surface area contributed by atoms with E-state index in [0.29, 0.717) is 5.56 Å². The Bertz CT molecular complexity index is 625. The van der Waals surface area contributed by atoms with Crippen molar-refractivity contribution in [1.29, 1.82) is 0 Å². The van der Waals surface area contributed by atoms with Crippen LogP contribution in [0.15, 0.2) is 54.6 Å². The average Bonchev–Trinajstić information content (AvgIpc) is 2.96. The quantitative estimate of drug-likeness (QED) is 0.922. The molecule has 4 heteroatoms. The van der Waals surface area contributed by atoms with Crippen LogP contribution in [0.25, 0.3) is 0 Å². The second-order valence-electron chi connectivity index (χ2n) is 5.64. The van der Waals surface area contributed by atoms with E-state index in [2.05, 4.69) is 29.2 Å². The number of hydrogen-bond donors (Lipinski definition) is 1. The molecule has 0 bridgehead atoms. The highest BCUT2D eigenvalue weighted by atomic mass is 16.5. The van der Waals surface area contributed by atoms with Crippen molar-refractivity contribution < 1.29 is 9.53 Å². The third-order valence-electron chi connectivity index (χ3n) is 3.92. The molecule has 1 saturated heterocycles. The van der Waals surface area contributed by atoms with Crippen LogP contribution in [0, 0.1) is 0 Å². The van der Waals surface area contributed by atoms with Gasteiger partial charge in [-0.25, -0.2) is 0 Å². The number of carbonyl (C=O) groups excluding carboxylic acids is 1. The maximum absolute atomic E-state index is 11.0. The molecule has 1 atom stereocenters. The van der Waals surface area contributed by atoms with Crippen molar-refractivity contribution in [1.82, 2.24) is 4.90 Å². The van der Waals surface area contributed by atoms with Crippen LogP contribution in [0.3, 0.4) is 0 Å². The second kappa shape index (κ2) is 6.62. The fraction of sp³-hybridized carbons (Fsp3) is 0.278. The highest BCUT2D eigenvalue weighted by Crippen LogP contribution is 2.20. The van der Waals surface area contributed by atoms with Crippen molar-refractivity contribution in [2.24, 2.45) is 5.73 Å². The fourth-order valence-electron chi connectivity index (χ4n) is 2.77. The van der Waals surface area contributed by atoms with Gasteiger partial charge in [-0.15, -0.1) is 0 Å². The topological polar surface area (TPSA) is 55.6 Å². The van der Waals surface area contributed by atoms with E-state index in [-0.39, 0.29) is 6.10 Å². The molecular weight excluding hydrogens is 276 g/mol. The normalized spacial score (nSPS) is 18.3. The molecule has 0 unspecified atom stereocenters.